The summed E-state index contributed by atoms with van der Waals surface area (Å²) in [4.78, 5) is 4.06. The Kier molecular flexibility index (Phi) is 3.44. The fourth-order valence-electron chi connectivity index (χ4n) is 2.95. The predicted molar refractivity (Wildman–Crippen MR) is 74.7 cm³/mol. The fourth-order valence-corrected chi connectivity index (χ4v) is 4.19. The van der Waals surface area contributed by atoms with Crippen molar-refractivity contribution in [3.05, 3.63) is 29.8 Å². The SMILES string of the molecule is CN(CC1CCC1)CC1CSc2ccccc21. The minimum Gasteiger partial charge on any atom is -0.305 e. The van der Waals surface area contributed by atoms with Gasteiger partial charge in [-0.3, -0.25) is 0 Å². The molecule has 1 atom stereocenters. The van der Waals surface area contributed by atoms with Crippen molar-refractivity contribution in [3.63, 3.8) is 0 Å². The van der Waals surface area contributed by atoms with Crippen LogP contribution in [-0.4, -0.2) is 30.8 Å². The van der Waals surface area contributed by atoms with E-state index >= 15 is 0 Å². The first-order valence-corrected chi connectivity index (χ1v) is 7.72. The van der Waals surface area contributed by atoms with Crippen LogP contribution in [0.1, 0.15) is 30.7 Å². The van der Waals surface area contributed by atoms with Gasteiger partial charge in [0.1, 0.15) is 0 Å². The summed E-state index contributed by atoms with van der Waals surface area (Å²) in [6.45, 7) is 2.55. The van der Waals surface area contributed by atoms with Crippen molar-refractivity contribution in [1.29, 1.82) is 0 Å². The first kappa shape index (κ1) is 11.6. The maximum Gasteiger partial charge on any atom is 0.0108 e. The number of benzene rings is 1. The Balaban J connectivity index is 1.58. The molecule has 3 rings (SSSR count). The number of hydrogen-bond acceptors (Lipinski definition) is 2. The molecule has 1 aromatic rings. The Morgan fingerprint density at radius 3 is 2.82 bits per heavy atom. The lowest BCUT2D eigenvalue weighted by Crippen LogP contribution is -2.32. The number of thioether (sulfide) groups is 1. The molecule has 0 aromatic heterocycles. The molecule has 1 aromatic carbocycles. The maximum atomic E-state index is 2.55. The molecule has 17 heavy (non-hydrogen) atoms. The topological polar surface area (TPSA) is 3.24 Å². The number of fused-ring (bicyclic) bond motifs is 1. The molecule has 1 aliphatic carbocycles. The van der Waals surface area contributed by atoms with Gasteiger partial charge in [-0.15, -0.1) is 11.8 Å². The van der Waals surface area contributed by atoms with Crippen LogP contribution in [0, 0.1) is 5.92 Å². The number of hydrogen-bond donors (Lipinski definition) is 0. The van der Waals surface area contributed by atoms with E-state index in [-0.39, 0.29) is 0 Å². The maximum absolute atomic E-state index is 2.55. The molecule has 1 fully saturated rings. The van der Waals surface area contributed by atoms with Gasteiger partial charge in [0.2, 0.25) is 0 Å². The van der Waals surface area contributed by atoms with Gasteiger partial charge in [-0.1, -0.05) is 24.6 Å². The van der Waals surface area contributed by atoms with E-state index in [1.165, 1.54) is 43.0 Å². The summed E-state index contributed by atoms with van der Waals surface area (Å²) < 4.78 is 0. The molecule has 1 nitrogen and oxygen atoms in total. The van der Waals surface area contributed by atoms with Crippen LogP contribution in [0.25, 0.3) is 0 Å². The van der Waals surface area contributed by atoms with Crippen molar-refractivity contribution in [3.8, 4) is 0 Å². The van der Waals surface area contributed by atoms with E-state index < -0.39 is 0 Å². The highest BCUT2D eigenvalue weighted by Gasteiger charge is 2.25. The third-order valence-electron chi connectivity index (χ3n) is 4.13. The fraction of sp³-hybridized carbons (Fsp3) is 0.600. The molecule has 2 heteroatoms. The van der Waals surface area contributed by atoms with E-state index in [4.69, 9.17) is 0 Å². The quantitative estimate of drug-likeness (QED) is 0.799. The van der Waals surface area contributed by atoms with Crippen molar-refractivity contribution >= 4 is 11.8 Å². The van der Waals surface area contributed by atoms with Crippen LogP contribution < -0.4 is 0 Å². The summed E-state index contributed by atoms with van der Waals surface area (Å²) in [5, 5.41) is 0. The lowest BCUT2D eigenvalue weighted by molar-refractivity contribution is 0.200. The van der Waals surface area contributed by atoms with Gasteiger partial charge in [-0.2, -0.15) is 0 Å². The Morgan fingerprint density at radius 2 is 2.06 bits per heavy atom. The van der Waals surface area contributed by atoms with E-state index in [1.807, 2.05) is 11.8 Å². The molecule has 0 saturated heterocycles. The molecule has 0 bridgehead atoms. The van der Waals surface area contributed by atoms with Gasteiger partial charge in [0.15, 0.2) is 0 Å². The molecule has 0 spiro atoms. The zero-order chi connectivity index (χ0) is 11.7. The molecule has 1 saturated carbocycles. The van der Waals surface area contributed by atoms with Gasteiger partial charge in [0.05, 0.1) is 0 Å². The smallest absolute Gasteiger partial charge is 0.0108 e. The second-order valence-corrected chi connectivity index (χ2v) is 6.63. The molecule has 0 amide bonds. The van der Waals surface area contributed by atoms with Gasteiger partial charge in [0.25, 0.3) is 0 Å². The highest BCUT2D eigenvalue weighted by molar-refractivity contribution is 7.99. The predicted octanol–water partition coefficient (Wildman–Crippen LogP) is 3.61. The Morgan fingerprint density at radius 1 is 1.24 bits per heavy atom. The molecule has 2 aliphatic rings. The summed E-state index contributed by atoms with van der Waals surface area (Å²) in [6.07, 6.45) is 4.38. The summed E-state index contributed by atoms with van der Waals surface area (Å²) in [6, 6.07) is 8.93. The van der Waals surface area contributed by atoms with E-state index in [1.54, 1.807) is 5.56 Å². The van der Waals surface area contributed by atoms with E-state index in [0.29, 0.717) is 0 Å². The van der Waals surface area contributed by atoms with Crippen molar-refractivity contribution in [1.82, 2.24) is 4.90 Å². The standard InChI is InChI=1S/C15H21NS/c1-16(9-12-5-4-6-12)10-13-11-17-15-8-3-2-7-14(13)15/h2-3,7-8,12-13H,4-6,9-11H2,1H3. The zero-order valence-corrected chi connectivity index (χ0v) is 11.4. The van der Waals surface area contributed by atoms with Gasteiger partial charge < -0.3 is 4.90 Å². The van der Waals surface area contributed by atoms with Gasteiger partial charge >= 0.3 is 0 Å². The third-order valence-corrected chi connectivity index (χ3v) is 5.38. The zero-order valence-electron chi connectivity index (χ0n) is 10.6. The normalized spacial score (nSPS) is 23.8. The average molecular weight is 247 g/mol. The largest absolute Gasteiger partial charge is 0.305 e. The summed E-state index contributed by atoms with van der Waals surface area (Å²) in [7, 11) is 2.30. The van der Waals surface area contributed by atoms with Crippen LogP contribution in [0.2, 0.25) is 0 Å². The lowest BCUT2D eigenvalue weighted by atomic mass is 9.85. The van der Waals surface area contributed by atoms with Crippen molar-refractivity contribution in [2.75, 3.05) is 25.9 Å². The minimum atomic E-state index is 0.751. The molecule has 1 unspecified atom stereocenters. The highest BCUT2D eigenvalue weighted by atomic mass is 32.2. The second kappa shape index (κ2) is 5.03. The van der Waals surface area contributed by atoms with Crippen LogP contribution in [-0.2, 0) is 0 Å². The van der Waals surface area contributed by atoms with E-state index in [0.717, 1.165) is 11.8 Å². The number of rotatable bonds is 4. The van der Waals surface area contributed by atoms with Crippen LogP contribution >= 0.6 is 11.8 Å². The lowest BCUT2D eigenvalue weighted by Gasteiger charge is -2.31. The van der Waals surface area contributed by atoms with Gasteiger partial charge in [-0.25, -0.2) is 0 Å². The first-order chi connectivity index (χ1) is 8.33. The molecule has 0 N–H and O–H groups in total. The van der Waals surface area contributed by atoms with Gasteiger partial charge in [0, 0.05) is 29.7 Å². The Labute approximate surface area is 109 Å². The first-order valence-electron chi connectivity index (χ1n) is 6.73. The summed E-state index contributed by atoms with van der Waals surface area (Å²) in [5.74, 6) is 3.01. The Hall–Kier alpha value is -0.470. The van der Waals surface area contributed by atoms with Crippen molar-refractivity contribution in [2.45, 2.75) is 30.1 Å². The molecule has 1 aliphatic heterocycles. The van der Waals surface area contributed by atoms with Crippen molar-refractivity contribution < 1.29 is 0 Å². The van der Waals surface area contributed by atoms with Crippen molar-refractivity contribution in [2.24, 2.45) is 5.92 Å². The molecule has 1 heterocycles. The van der Waals surface area contributed by atoms with E-state index in [2.05, 4.69) is 36.2 Å². The molecule has 92 valence electrons. The molecular formula is C15H21NS. The number of likely N-dealkylation sites (N-methyl/N-ethyl adjacent to an activating group) is 1. The highest BCUT2D eigenvalue weighted by Crippen LogP contribution is 2.39. The van der Waals surface area contributed by atoms with Crippen LogP contribution in [0.15, 0.2) is 29.2 Å². The minimum absolute atomic E-state index is 0.751. The second-order valence-electron chi connectivity index (χ2n) is 5.56. The average Bonchev–Trinajstić information content (AvgIpc) is 2.68. The molecule has 0 radical (unpaired) electrons. The third kappa shape index (κ3) is 2.53. The van der Waals surface area contributed by atoms with E-state index in [9.17, 15) is 0 Å². The van der Waals surface area contributed by atoms with Crippen LogP contribution in [0.3, 0.4) is 0 Å². The Bertz CT molecular complexity index is 386. The van der Waals surface area contributed by atoms with Crippen LogP contribution in [0.5, 0.6) is 0 Å². The molecular weight excluding hydrogens is 226 g/mol. The summed E-state index contributed by atoms with van der Waals surface area (Å²) in [5.41, 5.74) is 1.58. The number of nitrogens with zero attached hydrogens (tertiary/aromatic N) is 1. The van der Waals surface area contributed by atoms with Crippen LogP contribution in [0.4, 0.5) is 0 Å². The van der Waals surface area contributed by atoms with Gasteiger partial charge in [-0.05, 0) is 37.4 Å². The summed E-state index contributed by atoms with van der Waals surface area (Å²) >= 11 is 2.03. The monoisotopic (exact) mass is 247 g/mol.